The molecule has 0 radical (unpaired) electrons. The highest BCUT2D eigenvalue weighted by molar-refractivity contribution is 6.42. The van der Waals surface area contributed by atoms with Crippen LogP contribution in [0, 0.1) is 5.92 Å². The molecule has 0 spiro atoms. The van der Waals surface area contributed by atoms with E-state index in [4.69, 9.17) is 23.2 Å². The Kier molecular flexibility index (Phi) is 5.44. The van der Waals surface area contributed by atoms with E-state index in [9.17, 15) is 0 Å². The number of halogens is 2. The Balaban J connectivity index is 1.50. The minimum Gasteiger partial charge on any atom is -0.317 e. The van der Waals surface area contributed by atoms with Crippen molar-refractivity contribution in [2.45, 2.75) is 38.1 Å². The van der Waals surface area contributed by atoms with Gasteiger partial charge in [-0.2, -0.15) is 0 Å². The fraction of sp³-hybridized carbons (Fsp3) is 0.647. The molecule has 0 amide bonds. The van der Waals surface area contributed by atoms with Gasteiger partial charge in [0.15, 0.2) is 0 Å². The van der Waals surface area contributed by atoms with Crippen molar-refractivity contribution in [2.75, 3.05) is 26.2 Å². The average molecular weight is 327 g/mol. The van der Waals surface area contributed by atoms with Crippen molar-refractivity contribution < 1.29 is 0 Å². The number of likely N-dealkylation sites (tertiary alicyclic amines) is 1. The SMILES string of the molecule is Clc1ccc(CC2CCN(C3CCNCC3)CC2)cc1Cl. The molecule has 2 nitrogen and oxygen atoms in total. The summed E-state index contributed by atoms with van der Waals surface area (Å²) in [6, 6.07) is 6.89. The maximum atomic E-state index is 6.11. The Labute approximate surface area is 137 Å². The Morgan fingerprint density at radius 2 is 1.71 bits per heavy atom. The second-order valence-electron chi connectivity index (χ2n) is 6.41. The molecule has 0 saturated carbocycles. The Morgan fingerprint density at radius 3 is 2.38 bits per heavy atom. The molecule has 0 aliphatic carbocycles. The van der Waals surface area contributed by atoms with E-state index in [1.54, 1.807) is 0 Å². The highest BCUT2D eigenvalue weighted by Gasteiger charge is 2.26. The monoisotopic (exact) mass is 326 g/mol. The van der Waals surface area contributed by atoms with Gasteiger partial charge in [-0.25, -0.2) is 0 Å². The van der Waals surface area contributed by atoms with Crippen LogP contribution >= 0.6 is 23.2 Å². The van der Waals surface area contributed by atoms with Gasteiger partial charge in [0.25, 0.3) is 0 Å². The van der Waals surface area contributed by atoms with Gasteiger partial charge in [0, 0.05) is 6.04 Å². The lowest BCUT2D eigenvalue weighted by Crippen LogP contribution is -2.46. The van der Waals surface area contributed by atoms with Gasteiger partial charge in [-0.3, -0.25) is 0 Å². The molecular formula is C17H24Cl2N2. The standard InChI is InChI=1S/C17H24Cl2N2/c18-16-2-1-14(12-17(16)19)11-13-5-9-21(10-6-13)15-3-7-20-8-4-15/h1-2,12-13,15,20H,3-11H2. The van der Waals surface area contributed by atoms with E-state index in [1.807, 2.05) is 12.1 Å². The first-order valence-corrected chi connectivity index (χ1v) is 8.86. The van der Waals surface area contributed by atoms with E-state index in [0.717, 1.165) is 18.4 Å². The van der Waals surface area contributed by atoms with E-state index in [-0.39, 0.29) is 0 Å². The zero-order chi connectivity index (χ0) is 14.7. The number of hydrogen-bond acceptors (Lipinski definition) is 2. The van der Waals surface area contributed by atoms with Crippen LogP contribution in [0.5, 0.6) is 0 Å². The molecule has 2 heterocycles. The molecule has 1 aromatic carbocycles. The van der Waals surface area contributed by atoms with E-state index in [0.29, 0.717) is 10.0 Å². The highest BCUT2D eigenvalue weighted by atomic mass is 35.5. The van der Waals surface area contributed by atoms with Gasteiger partial charge in [-0.15, -0.1) is 0 Å². The number of nitrogens with zero attached hydrogens (tertiary/aromatic N) is 1. The number of benzene rings is 1. The topological polar surface area (TPSA) is 15.3 Å². The van der Waals surface area contributed by atoms with Crippen LogP contribution in [0.1, 0.15) is 31.2 Å². The third-order valence-electron chi connectivity index (χ3n) is 4.98. The summed E-state index contributed by atoms with van der Waals surface area (Å²) in [7, 11) is 0. The van der Waals surface area contributed by atoms with Crippen LogP contribution < -0.4 is 5.32 Å². The molecule has 0 bridgehead atoms. The maximum absolute atomic E-state index is 6.11. The van der Waals surface area contributed by atoms with Gasteiger partial charge >= 0.3 is 0 Å². The summed E-state index contributed by atoms with van der Waals surface area (Å²) in [5.74, 6) is 0.792. The number of hydrogen-bond donors (Lipinski definition) is 1. The van der Waals surface area contributed by atoms with Crippen LogP contribution in [0.3, 0.4) is 0 Å². The number of piperidine rings is 2. The van der Waals surface area contributed by atoms with Crippen LogP contribution in [0.4, 0.5) is 0 Å². The molecule has 1 aromatic rings. The molecular weight excluding hydrogens is 303 g/mol. The normalized spacial score (nSPS) is 22.6. The summed E-state index contributed by atoms with van der Waals surface area (Å²) in [6.07, 6.45) is 6.39. The average Bonchev–Trinajstić information content (AvgIpc) is 2.53. The van der Waals surface area contributed by atoms with Crippen LogP contribution in [0.2, 0.25) is 10.0 Å². The largest absolute Gasteiger partial charge is 0.317 e. The first-order chi connectivity index (χ1) is 10.2. The smallest absolute Gasteiger partial charge is 0.0595 e. The van der Waals surface area contributed by atoms with E-state index >= 15 is 0 Å². The van der Waals surface area contributed by atoms with Crippen molar-refractivity contribution in [3.63, 3.8) is 0 Å². The molecule has 0 unspecified atom stereocenters. The Bertz CT molecular complexity index is 464. The summed E-state index contributed by atoms with van der Waals surface area (Å²) in [4.78, 5) is 2.71. The molecule has 2 saturated heterocycles. The summed E-state index contributed by atoms with van der Waals surface area (Å²) in [5, 5.41) is 4.79. The second-order valence-corrected chi connectivity index (χ2v) is 7.23. The first kappa shape index (κ1) is 15.6. The van der Waals surface area contributed by atoms with Gasteiger partial charge < -0.3 is 10.2 Å². The summed E-state index contributed by atoms with van der Waals surface area (Å²) in [5.41, 5.74) is 1.32. The van der Waals surface area contributed by atoms with Crippen molar-refractivity contribution >= 4 is 23.2 Å². The predicted molar refractivity (Wildman–Crippen MR) is 90.4 cm³/mol. The van der Waals surface area contributed by atoms with Gasteiger partial charge in [0.1, 0.15) is 0 Å². The van der Waals surface area contributed by atoms with Crippen LogP contribution in [-0.4, -0.2) is 37.1 Å². The molecule has 4 heteroatoms. The van der Waals surface area contributed by atoms with Crippen molar-refractivity contribution in [1.82, 2.24) is 10.2 Å². The fourth-order valence-electron chi connectivity index (χ4n) is 3.69. The van der Waals surface area contributed by atoms with Gasteiger partial charge in [-0.1, -0.05) is 29.3 Å². The van der Waals surface area contributed by atoms with Gasteiger partial charge in [0.05, 0.1) is 10.0 Å². The lowest BCUT2D eigenvalue weighted by molar-refractivity contribution is 0.111. The zero-order valence-corrected chi connectivity index (χ0v) is 14.0. The zero-order valence-electron chi connectivity index (χ0n) is 12.5. The summed E-state index contributed by atoms with van der Waals surface area (Å²) >= 11 is 12.1. The predicted octanol–water partition coefficient (Wildman–Crippen LogP) is 4.00. The molecule has 0 atom stereocenters. The van der Waals surface area contributed by atoms with Crippen molar-refractivity contribution in [3.05, 3.63) is 33.8 Å². The fourth-order valence-corrected chi connectivity index (χ4v) is 4.01. The van der Waals surface area contributed by atoms with Gasteiger partial charge in [0.2, 0.25) is 0 Å². The summed E-state index contributed by atoms with van der Waals surface area (Å²) in [6.45, 7) is 4.90. The molecule has 2 fully saturated rings. The molecule has 3 rings (SSSR count). The molecule has 2 aliphatic heterocycles. The Morgan fingerprint density at radius 1 is 1.00 bits per heavy atom. The number of rotatable bonds is 3. The molecule has 2 aliphatic rings. The molecule has 21 heavy (non-hydrogen) atoms. The van der Waals surface area contributed by atoms with Crippen molar-refractivity contribution in [1.29, 1.82) is 0 Å². The van der Waals surface area contributed by atoms with Crippen molar-refractivity contribution in [3.8, 4) is 0 Å². The lowest BCUT2D eigenvalue weighted by Gasteiger charge is -2.39. The molecule has 116 valence electrons. The third-order valence-corrected chi connectivity index (χ3v) is 5.72. The maximum Gasteiger partial charge on any atom is 0.0595 e. The quantitative estimate of drug-likeness (QED) is 0.903. The van der Waals surface area contributed by atoms with E-state index in [1.165, 1.54) is 57.4 Å². The Hall–Kier alpha value is -0.280. The van der Waals surface area contributed by atoms with Crippen LogP contribution in [-0.2, 0) is 6.42 Å². The minimum absolute atomic E-state index is 0.654. The molecule has 1 N–H and O–H groups in total. The minimum atomic E-state index is 0.654. The van der Waals surface area contributed by atoms with Gasteiger partial charge in [-0.05, 0) is 81.9 Å². The number of nitrogens with one attached hydrogen (secondary N) is 1. The van der Waals surface area contributed by atoms with Crippen LogP contribution in [0.25, 0.3) is 0 Å². The third kappa shape index (κ3) is 4.13. The lowest BCUT2D eigenvalue weighted by atomic mass is 9.89. The second kappa shape index (κ2) is 7.32. The van der Waals surface area contributed by atoms with Crippen molar-refractivity contribution in [2.24, 2.45) is 5.92 Å². The van der Waals surface area contributed by atoms with E-state index < -0.39 is 0 Å². The highest BCUT2D eigenvalue weighted by Crippen LogP contribution is 2.28. The molecule has 0 aromatic heterocycles. The first-order valence-electron chi connectivity index (χ1n) is 8.11. The van der Waals surface area contributed by atoms with Crippen LogP contribution in [0.15, 0.2) is 18.2 Å². The summed E-state index contributed by atoms with van der Waals surface area (Å²) < 4.78 is 0. The van der Waals surface area contributed by atoms with E-state index in [2.05, 4.69) is 16.3 Å².